The fourth-order valence-electron chi connectivity index (χ4n) is 6.16. The van der Waals surface area contributed by atoms with E-state index < -0.39 is 23.9 Å². The molecule has 57 heavy (non-hydrogen) atoms. The molecule has 0 bridgehead atoms. The third kappa shape index (κ3) is 12.1. The van der Waals surface area contributed by atoms with Crippen molar-refractivity contribution in [3.63, 3.8) is 0 Å². The Morgan fingerprint density at radius 3 is 2.46 bits per heavy atom. The number of nitrogens with zero attached hydrogens (tertiary/aromatic N) is 2. The second-order valence-electron chi connectivity index (χ2n) is 13.3. The number of rotatable bonds is 20. The molecule has 308 valence electrons. The van der Waals surface area contributed by atoms with E-state index in [0.717, 1.165) is 29.6 Å². The third-order valence-corrected chi connectivity index (χ3v) is 12.0. The minimum absolute atomic E-state index is 0.0187. The molecule has 2 atom stereocenters. The number of methoxy groups -OCH3 is 1. The molecule has 6 N–H and O–H groups in total. The number of anilines is 1. The largest absolute Gasteiger partial charge is 0.497 e. The zero-order valence-electron chi connectivity index (χ0n) is 33.2. The maximum atomic E-state index is 14.5. The van der Waals surface area contributed by atoms with Crippen LogP contribution in [0, 0.1) is 19.7 Å². The summed E-state index contributed by atoms with van der Waals surface area (Å²) in [4.78, 5) is 72.1. The Balaban J connectivity index is 1.32. The van der Waals surface area contributed by atoms with Crippen molar-refractivity contribution in [2.75, 3.05) is 57.1 Å². The number of fused-ring (bicyclic) bond motifs is 1. The van der Waals surface area contributed by atoms with Crippen molar-refractivity contribution < 1.29 is 37.8 Å². The molecule has 0 saturated carbocycles. The van der Waals surface area contributed by atoms with Gasteiger partial charge in [0.1, 0.15) is 24.2 Å². The van der Waals surface area contributed by atoms with Crippen molar-refractivity contribution >= 4 is 68.6 Å². The van der Waals surface area contributed by atoms with Crippen LogP contribution in [0.2, 0.25) is 0 Å². The molecular weight excluding hydrogens is 774 g/mol. The van der Waals surface area contributed by atoms with E-state index in [9.17, 15) is 28.4 Å². The maximum Gasteiger partial charge on any atom is 0.421 e. The van der Waals surface area contributed by atoms with Crippen LogP contribution in [0.5, 0.6) is 5.75 Å². The van der Waals surface area contributed by atoms with E-state index in [4.69, 9.17) is 15.2 Å². The van der Waals surface area contributed by atoms with Crippen LogP contribution < -0.4 is 31.3 Å². The lowest BCUT2D eigenvalue weighted by Gasteiger charge is -2.18. The number of aromatic nitrogens is 1. The van der Waals surface area contributed by atoms with Crippen LogP contribution in [0.4, 0.5) is 14.9 Å². The molecule has 1 aliphatic rings. The zero-order valence-corrected chi connectivity index (χ0v) is 34.8. The molecule has 5 amide bonds. The van der Waals surface area contributed by atoms with E-state index in [2.05, 4.69) is 39.7 Å². The highest BCUT2D eigenvalue weighted by atomic mass is 33.1. The molecular formula is C40H52FN7O7S2. The van der Waals surface area contributed by atoms with Gasteiger partial charge in [0.15, 0.2) is 0 Å². The van der Waals surface area contributed by atoms with Gasteiger partial charge in [-0.1, -0.05) is 47.6 Å². The van der Waals surface area contributed by atoms with Gasteiger partial charge in [0, 0.05) is 41.8 Å². The van der Waals surface area contributed by atoms with Gasteiger partial charge in [-0.05, 0) is 94.4 Å². The Hall–Kier alpha value is -4.84. The Morgan fingerprint density at radius 2 is 1.79 bits per heavy atom. The third-order valence-electron chi connectivity index (χ3n) is 9.30. The molecule has 3 aromatic rings. The molecule has 0 aliphatic carbocycles. The highest BCUT2D eigenvalue weighted by Crippen LogP contribution is 2.39. The van der Waals surface area contributed by atoms with Gasteiger partial charge in [-0.15, -0.1) is 0 Å². The number of nitrogens with one attached hydrogen (secondary N) is 4. The fraction of sp³-hybridized carbons (Fsp3) is 0.425. The summed E-state index contributed by atoms with van der Waals surface area (Å²) in [6, 6.07) is 10.1. The first-order valence-electron chi connectivity index (χ1n) is 18.7. The second-order valence-corrected chi connectivity index (χ2v) is 16.1. The number of nitrogens with two attached hydrogens (primary N) is 1. The lowest BCUT2D eigenvalue weighted by molar-refractivity contribution is -0.128. The maximum absolute atomic E-state index is 14.5. The Kier molecular flexibility index (Phi) is 17.0. The van der Waals surface area contributed by atoms with Gasteiger partial charge in [-0.3, -0.25) is 19.2 Å². The highest BCUT2D eigenvalue weighted by molar-refractivity contribution is 8.77. The van der Waals surface area contributed by atoms with E-state index in [1.807, 2.05) is 12.1 Å². The molecule has 0 fully saturated rings. The van der Waals surface area contributed by atoms with Gasteiger partial charge in [0.05, 0.1) is 29.7 Å². The summed E-state index contributed by atoms with van der Waals surface area (Å²) < 4.78 is 25.2. The minimum atomic E-state index is -0.940. The number of hydrogen-bond donors (Lipinski definition) is 5. The average molecular weight is 826 g/mol. The number of carbonyl (C=O) groups excluding carboxylic acids is 5. The average Bonchev–Trinajstić information content (AvgIpc) is 3.63. The number of H-pyrrole nitrogens is 1. The summed E-state index contributed by atoms with van der Waals surface area (Å²) in [7, 11) is 4.08. The van der Waals surface area contributed by atoms with E-state index in [0.29, 0.717) is 41.4 Å². The van der Waals surface area contributed by atoms with Crippen LogP contribution >= 0.6 is 21.6 Å². The summed E-state index contributed by atoms with van der Waals surface area (Å²) in [6.07, 6.45) is 0.835. The Labute approximate surface area is 340 Å². The van der Waals surface area contributed by atoms with Crippen LogP contribution in [-0.2, 0) is 25.7 Å². The van der Waals surface area contributed by atoms with E-state index in [1.165, 1.54) is 39.8 Å². The molecule has 0 spiro atoms. The lowest BCUT2D eigenvalue weighted by Crippen LogP contribution is -2.48. The fourth-order valence-corrected chi connectivity index (χ4v) is 8.16. The van der Waals surface area contributed by atoms with Gasteiger partial charge in [0.2, 0.25) is 11.8 Å². The van der Waals surface area contributed by atoms with E-state index in [1.54, 1.807) is 40.0 Å². The van der Waals surface area contributed by atoms with Crippen LogP contribution in [0.1, 0.15) is 65.6 Å². The Bertz CT molecular complexity index is 1940. The van der Waals surface area contributed by atoms with Gasteiger partial charge in [-0.25, -0.2) is 14.1 Å². The van der Waals surface area contributed by atoms with Gasteiger partial charge in [0.25, 0.3) is 11.8 Å². The highest BCUT2D eigenvalue weighted by Gasteiger charge is 2.38. The molecule has 17 heteroatoms. The molecule has 1 aromatic heterocycles. The quantitative estimate of drug-likeness (QED) is 0.0779. The van der Waals surface area contributed by atoms with Crippen LogP contribution in [0.15, 0.2) is 42.5 Å². The lowest BCUT2D eigenvalue weighted by atomic mass is 10.0. The number of imide groups is 1. The standard InChI is InChI=1S/C40H52FN7O7S2/c1-7-47(8-2)18-17-43-38(51)36-25(4)33(45-26(36)5)20-31-30-19-28(41)11-14-34(30)48(39(31)52)40(53)55-22-24(3)57-56-23-35(49)46-32(15-16-42)37(50)44-21-27-9-12-29(54-6)13-10-27/h9-14,19-20,24,32,45H,7-8,15-18,21-23,42H2,1-6H3,(H,43,51)(H,44,50)(H,46,49)/b31-20-/t24-,32+/m1/s1. The smallest absolute Gasteiger partial charge is 0.421 e. The van der Waals surface area contributed by atoms with Crippen LogP contribution in [0.25, 0.3) is 11.6 Å². The molecule has 1 aliphatic heterocycles. The number of hydrogen-bond acceptors (Lipinski definition) is 11. The van der Waals surface area contributed by atoms with Gasteiger partial charge < -0.3 is 41.0 Å². The molecule has 14 nitrogen and oxygen atoms in total. The normalized spacial score (nSPS) is 14.0. The summed E-state index contributed by atoms with van der Waals surface area (Å²) in [5.74, 6) is -1.55. The van der Waals surface area contributed by atoms with Crippen molar-refractivity contribution in [1.82, 2.24) is 25.8 Å². The first-order valence-corrected chi connectivity index (χ1v) is 21.1. The number of carbonyl (C=O) groups is 5. The Morgan fingerprint density at radius 1 is 1.07 bits per heavy atom. The molecule has 4 rings (SSSR count). The number of amides is 5. The number of likely N-dealkylation sites (N-methyl/N-ethyl adjacent to an activating group) is 1. The number of ether oxygens (including phenoxy) is 2. The van der Waals surface area contributed by atoms with Crippen molar-refractivity contribution in [1.29, 1.82) is 0 Å². The zero-order chi connectivity index (χ0) is 41.6. The molecule has 2 heterocycles. The topological polar surface area (TPSA) is 188 Å². The van der Waals surface area contributed by atoms with Crippen molar-refractivity contribution in [2.45, 2.75) is 58.9 Å². The van der Waals surface area contributed by atoms with Crippen molar-refractivity contribution in [2.24, 2.45) is 5.73 Å². The number of aryl methyl sites for hydroxylation is 1. The second kappa shape index (κ2) is 21.6. The first kappa shape index (κ1) is 44.9. The van der Waals surface area contributed by atoms with E-state index >= 15 is 0 Å². The summed E-state index contributed by atoms with van der Waals surface area (Å²) in [6.45, 7) is 12.7. The van der Waals surface area contributed by atoms with Crippen LogP contribution in [0.3, 0.4) is 0 Å². The predicted molar refractivity (Wildman–Crippen MR) is 223 cm³/mol. The molecule has 0 unspecified atom stereocenters. The predicted octanol–water partition coefficient (Wildman–Crippen LogP) is 4.79. The SMILES string of the molecule is CCN(CC)CCNC(=O)c1c(C)[nH]c(/C=C2\C(=O)N(C(=O)OC[C@@H](C)SSCC(=O)N[C@@H](CCN)C(=O)NCc3ccc(OC)cc3)c3ccc(F)cc32)c1C. The summed E-state index contributed by atoms with van der Waals surface area (Å²) >= 11 is 0. The molecule has 0 radical (unpaired) electrons. The number of halogens is 1. The minimum Gasteiger partial charge on any atom is -0.497 e. The van der Waals surface area contributed by atoms with E-state index in [-0.39, 0.29) is 71.7 Å². The van der Waals surface area contributed by atoms with Crippen molar-refractivity contribution in [3.8, 4) is 5.75 Å². The molecule has 0 saturated heterocycles. The van der Waals surface area contributed by atoms with Crippen LogP contribution in [-0.4, -0.2) is 103 Å². The van der Waals surface area contributed by atoms with Gasteiger partial charge >= 0.3 is 6.09 Å². The summed E-state index contributed by atoms with van der Waals surface area (Å²) in [5, 5.41) is 8.22. The monoisotopic (exact) mass is 825 g/mol. The molecule has 2 aromatic carbocycles. The summed E-state index contributed by atoms with van der Waals surface area (Å²) in [5.41, 5.74) is 9.14. The number of aromatic amines is 1. The first-order chi connectivity index (χ1) is 27.3. The number of benzene rings is 2. The van der Waals surface area contributed by atoms with Crippen molar-refractivity contribution in [3.05, 3.63) is 81.9 Å². The van der Waals surface area contributed by atoms with Gasteiger partial charge in [-0.2, -0.15) is 0 Å².